The van der Waals surface area contributed by atoms with E-state index >= 15 is 0 Å². The molecule has 2 aliphatic rings. The lowest BCUT2D eigenvalue weighted by atomic mass is 10.1. The van der Waals surface area contributed by atoms with Crippen LogP contribution in [-0.4, -0.2) is 48.8 Å². The van der Waals surface area contributed by atoms with E-state index < -0.39 is 5.97 Å². The Morgan fingerprint density at radius 2 is 2.25 bits per heavy atom. The molecule has 92 valence electrons. The van der Waals surface area contributed by atoms with E-state index in [1.165, 1.54) is 12.8 Å². The number of methoxy groups -OCH3 is 1. The Kier molecular flexibility index (Phi) is 3.82. The summed E-state index contributed by atoms with van der Waals surface area (Å²) in [6.45, 7) is 2.78. The van der Waals surface area contributed by atoms with E-state index in [1.54, 1.807) is 7.11 Å². The van der Waals surface area contributed by atoms with Crippen molar-refractivity contribution in [3.05, 3.63) is 0 Å². The number of likely N-dealkylation sites (tertiary alicyclic amines) is 1. The molecular formula is C12H21NO3. The first-order valence-corrected chi connectivity index (χ1v) is 6.15. The highest BCUT2D eigenvalue weighted by Crippen LogP contribution is 2.37. The third-order valence-corrected chi connectivity index (χ3v) is 3.75. The highest BCUT2D eigenvalue weighted by atomic mass is 16.5. The average Bonchev–Trinajstić information content (AvgIpc) is 2.96. The molecule has 2 unspecified atom stereocenters. The highest BCUT2D eigenvalue weighted by Gasteiger charge is 2.38. The van der Waals surface area contributed by atoms with Crippen LogP contribution >= 0.6 is 0 Å². The van der Waals surface area contributed by atoms with Gasteiger partial charge in [0.25, 0.3) is 0 Å². The van der Waals surface area contributed by atoms with Gasteiger partial charge in [-0.15, -0.1) is 0 Å². The minimum absolute atomic E-state index is 0.320. The number of carbonyl (C=O) groups is 1. The Morgan fingerprint density at radius 1 is 1.50 bits per heavy atom. The van der Waals surface area contributed by atoms with Crippen LogP contribution in [0.15, 0.2) is 0 Å². The summed E-state index contributed by atoms with van der Waals surface area (Å²) < 4.78 is 5.28. The zero-order valence-electron chi connectivity index (χ0n) is 9.89. The standard InChI is InChI=1S/C12H21NO3/c1-16-8-11(10-2-3-10)13-5-4-9(7-13)6-12(14)15/h9-11H,2-8H2,1H3,(H,14,15). The van der Waals surface area contributed by atoms with Gasteiger partial charge >= 0.3 is 5.97 Å². The van der Waals surface area contributed by atoms with Crippen LogP contribution in [0.3, 0.4) is 0 Å². The van der Waals surface area contributed by atoms with Gasteiger partial charge in [-0.05, 0) is 37.6 Å². The Labute approximate surface area is 96.6 Å². The molecule has 0 spiro atoms. The normalized spacial score (nSPS) is 28.2. The van der Waals surface area contributed by atoms with Gasteiger partial charge in [0.05, 0.1) is 6.61 Å². The number of nitrogens with zero attached hydrogens (tertiary/aromatic N) is 1. The number of hydrogen-bond acceptors (Lipinski definition) is 3. The van der Waals surface area contributed by atoms with Gasteiger partial charge in [0.1, 0.15) is 0 Å². The molecule has 1 aliphatic heterocycles. The fourth-order valence-corrected chi connectivity index (χ4v) is 2.77. The Balaban J connectivity index is 1.83. The average molecular weight is 227 g/mol. The molecule has 0 aromatic heterocycles. The quantitative estimate of drug-likeness (QED) is 0.741. The van der Waals surface area contributed by atoms with Crippen molar-refractivity contribution in [2.45, 2.75) is 31.7 Å². The van der Waals surface area contributed by atoms with E-state index in [1.807, 2.05) is 0 Å². The van der Waals surface area contributed by atoms with Crippen LogP contribution in [0.4, 0.5) is 0 Å². The van der Waals surface area contributed by atoms with Crippen molar-refractivity contribution in [1.82, 2.24) is 4.90 Å². The van der Waals surface area contributed by atoms with Crippen molar-refractivity contribution < 1.29 is 14.6 Å². The predicted octanol–water partition coefficient (Wildman–Crippen LogP) is 1.21. The second kappa shape index (κ2) is 5.15. The zero-order chi connectivity index (χ0) is 11.5. The zero-order valence-corrected chi connectivity index (χ0v) is 9.89. The fourth-order valence-electron chi connectivity index (χ4n) is 2.77. The lowest BCUT2D eigenvalue weighted by Gasteiger charge is -2.27. The van der Waals surface area contributed by atoms with Gasteiger partial charge in [0, 0.05) is 26.1 Å². The van der Waals surface area contributed by atoms with Crippen molar-refractivity contribution in [1.29, 1.82) is 0 Å². The molecule has 0 amide bonds. The second-order valence-corrected chi connectivity index (χ2v) is 5.11. The number of ether oxygens (including phenoxy) is 1. The van der Waals surface area contributed by atoms with Crippen molar-refractivity contribution in [2.75, 3.05) is 26.8 Å². The molecule has 4 nitrogen and oxygen atoms in total. The van der Waals surface area contributed by atoms with Crippen molar-refractivity contribution >= 4 is 5.97 Å². The molecule has 1 heterocycles. The fraction of sp³-hybridized carbons (Fsp3) is 0.917. The molecule has 1 N–H and O–H groups in total. The summed E-state index contributed by atoms with van der Waals surface area (Å²) in [6.07, 6.45) is 3.97. The van der Waals surface area contributed by atoms with E-state index in [4.69, 9.17) is 9.84 Å². The summed E-state index contributed by atoms with van der Waals surface area (Å²) in [6, 6.07) is 0.531. The molecule has 2 atom stereocenters. The molecule has 2 rings (SSSR count). The van der Waals surface area contributed by atoms with E-state index in [9.17, 15) is 4.79 Å². The van der Waals surface area contributed by atoms with E-state index in [0.717, 1.165) is 32.0 Å². The summed E-state index contributed by atoms with van der Waals surface area (Å²) in [5, 5.41) is 8.78. The minimum Gasteiger partial charge on any atom is -0.481 e. The van der Waals surface area contributed by atoms with E-state index in [0.29, 0.717) is 18.4 Å². The van der Waals surface area contributed by atoms with Gasteiger partial charge in [0.2, 0.25) is 0 Å². The summed E-state index contributed by atoms with van der Waals surface area (Å²) in [5.74, 6) is 0.473. The summed E-state index contributed by atoms with van der Waals surface area (Å²) in [7, 11) is 1.75. The van der Waals surface area contributed by atoms with Gasteiger partial charge in [-0.1, -0.05) is 0 Å². The van der Waals surface area contributed by atoms with Crippen LogP contribution in [0.2, 0.25) is 0 Å². The predicted molar refractivity (Wildman–Crippen MR) is 60.3 cm³/mol. The van der Waals surface area contributed by atoms with Crippen molar-refractivity contribution in [2.24, 2.45) is 11.8 Å². The van der Waals surface area contributed by atoms with Gasteiger partial charge in [-0.2, -0.15) is 0 Å². The van der Waals surface area contributed by atoms with Crippen molar-refractivity contribution in [3.8, 4) is 0 Å². The first-order chi connectivity index (χ1) is 7.70. The molecule has 0 aromatic carbocycles. The van der Waals surface area contributed by atoms with Crippen molar-refractivity contribution in [3.63, 3.8) is 0 Å². The number of hydrogen-bond donors (Lipinski definition) is 1. The van der Waals surface area contributed by atoms with Crippen LogP contribution in [0.25, 0.3) is 0 Å². The molecule has 4 heteroatoms. The minimum atomic E-state index is -0.665. The smallest absolute Gasteiger partial charge is 0.303 e. The van der Waals surface area contributed by atoms with Gasteiger partial charge < -0.3 is 9.84 Å². The Bertz CT molecular complexity index is 253. The monoisotopic (exact) mass is 227 g/mol. The number of carboxylic acids is 1. The molecular weight excluding hydrogens is 206 g/mol. The largest absolute Gasteiger partial charge is 0.481 e. The summed E-state index contributed by atoms with van der Waals surface area (Å²) in [5.41, 5.74) is 0. The molecule has 1 saturated carbocycles. The lowest BCUT2D eigenvalue weighted by molar-refractivity contribution is -0.138. The van der Waals surface area contributed by atoms with Gasteiger partial charge in [0.15, 0.2) is 0 Å². The summed E-state index contributed by atoms with van der Waals surface area (Å²) >= 11 is 0. The third kappa shape index (κ3) is 2.95. The van der Waals surface area contributed by atoms with Crippen LogP contribution in [-0.2, 0) is 9.53 Å². The van der Waals surface area contributed by atoms with Crippen LogP contribution in [0.1, 0.15) is 25.7 Å². The molecule has 0 bridgehead atoms. The Hall–Kier alpha value is -0.610. The maximum absolute atomic E-state index is 10.7. The van der Waals surface area contributed by atoms with Crippen LogP contribution in [0.5, 0.6) is 0 Å². The van der Waals surface area contributed by atoms with Crippen LogP contribution < -0.4 is 0 Å². The molecule has 16 heavy (non-hydrogen) atoms. The summed E-state index contributed by atoms with van der Waals surface area (Å²) in [4.78, 5) is 13.1. The topological polar surface area (TPSA) is 49.8 Å². The van der Waals surface area contributed by atoms with Gasteiger partial charge in [-0.3, -0.25) is 9.69 Å². The maximum Gasteiger partial charge on any atom is 0.303 e. The third-order valence-electron chi connectivity index (χ3n) is 3.75. The number of rotatable bonds is 6. The second-order valence-electron chi connectivity index (χ2n) is 5.11. The lowest BCUT2D eigenvalue weighted by Crippen LogP contribution is -2.38. The molecule has 1 aliphatic carbocycles. The first kappa shape index (κ1) is 11.9. The highest BCUT2D eigenvalue weighted by molar-refractivity contribution is 5.67. The first-order valence-electron chi connectivity index (χ1n) is 6.15. The van der Waals surface area contributed by atoms with Crippen LogP contribution in [0, 0.1) is 11.8 Å². The number of carboxylic acid groups (broad SMARTS) is 1. The Morgan fingerprint density at radius 3 is 2.81 bits per heavy atom. The molecule has 0 aromatic rings. The van der Waals surface area contributed by atoms with E-state index in [-0.39, 0.29) is 0 Å². The SMILES string of the molecule is COCC(C1CC1)N1CCC(CC(=O)O)C1. The number of aliphatic carboxylic acids is 1. The van der Waals surface area contributed by atoms with E-state index in [2.05, 4.69) is 4.90 Å². The van der Waals surface area contributed by atoms with Gasteiger partial charge in [-0.25, -0.2) is 0 Å². The molecule has 0 radical (unpaired) electrons. The maximum atomic E-state index is 10.7. The molecule has 2 fully saturated rings. The molecule has 1 saturated heterocycles.